The molecule has 3 heterocycles. The fraction of sp³-hybridized carbons (Fsp3) is 0.375. The second-order valence-corrected chi connectivity index (χ2v) is 8.25. The average molecular weight is 434 g/mol. The van der Waals surface area contributed by atoms with Crippen LogP contribution in [0.5, 0.6) is 11.5 Å². The van der Waals surface area contributed by atoms with Gasteiger partial charge in [-0.15, -0.1) is 0 Å². The first-order valence-electron chi connectivity index (χ1n) is 11.0. The molecular formula is C24H26N4O4. The molecule has 2 aliphatic heterocycles. The molecule has 1 aromatic heterocycles. The minimum Gasteiger partial charge on any atom is -0.486 e. The Balaban J connectivity index is 1.20. The van der Waals surface area contributed by atoms with Crippen LogP contribution in [0.15, 0.2) is 47.0 Å². The quantitative estimate of drug-likeness (QED) is 0.655. The highest BCUT2D eigenvalue weighted by atomic mass is 16.6. The number of likely N-dealkylation sites (tertiary alicyclic amines) is 1. The van der Waals surface area contributed by atoms with E-state index in [2.05, 4.69) is 20.4 Å². The first-order valence-corrected chi connectivity index (χ1v) is 11.0. The largest absolute Gasteiger partial charge is 0.486 e. The molecule has 1 atom stereocenters. The molecule has 0 saturated carbocycles. The number of carbonyl (C=O) groups is 1. The maximum Gasteiger partial charge on any atom is 0.241 e. The number of ether oxygens (including phenoxy) is 2. The summed E-state index contributed by atoms with van der Waals surface area (Å²) in [5.74, 6) is 2.45. The number of nitrogens with one attached hydrogen (secondary N) is 1. The highest BCUT2D eigenvalue weighted by Crippen LogP contribution is 2.33. The Bertz CT molecular complexity index is 1110. The van der Waals surface area contributed by atoms with Crippen molar-refractivity contribution in [2.75, 3.05) is 31.6 Å². The van der Waals surface area contributed by atoms with Crippen LogP contribution in [0.1, 0.15) is 24.3 Å². The molecule has 0 radical (unpaired) electrons. The van der Waals surface area contributed by atoms with Gasteiger partial charge >= 0.3 is 0 Å². The molecule has 0 aliphatic carbocycles. The molecule has 8 heteroatoms. The summed E-state index contributed by atoms with van der Waals surface area (Å²) >= 11 is 0. The summed E-state index contributed by atoms with van der Waals surface area (Å²) in [6.45, 7) is 5.17. The van der Waals surface area contributed by atoms with Crippen molar-refractivity contribution >= 4 is 11.6 Å². The van der Waals surface area contributed by atoms with Crippen LogP contribution in [0.2, 0.25) is 0 Å². The lowest BCUT2D eigenvalue weighted by atomic mass is 9.97. The van der Waals surface area contributed by atoms with Crippen molar-refractivity contribution in [3.8, 4) is 22.9 Å². The fourth-order valence-electron chi connectivity index (χ4n) is 4.22. The van der Waals surface area contributed by atoms with Crippen LogP contribution in [0.4, 0.5) is 5.69 Å². The van der Waals surface area contributed by atoms with Crippen molar-refractivity contribution in [1.82, 2.24) is 15.0 Å². The molecule has 1 N–H and O–H groups in total. The lowest BCUT2D eigenvalue weighted by Gasteiger charge is -2.31. The number of aromatic nitrogens is 2. The number of benzene rings is 2. The van der Waals surface area contributed by atoms with Gasteiger partial charge in [0.1, 0.15) is 13.2 Å². The van der Waals surface area contributed by atoms with Gasteiger partial charge in [0.15, 0.2) is 11.5 Å². The Morgan fingerprint density at radius 1 is 1.16 bits per heavy atom. The normalized spacial score (nSPS) is 18.3. The Morgan fingerprint density at radius 3 is 2.88 bits per heavy atom. The summed E-state index contributed by atoms with van der Waals surface area (Å²) in [4.78, 5) is 19.7. The molecule has 2 aliphatic rings. The van der Waals surface area contributed by atoms with Crippen molar-refractivity contribution in [3.05, 3.63) is 53.9 Å². The SMILES string of the molecule is Cc1ccccc1-c1noc(CN2CCCC(C(=O)Nc3ccc4c(c3)OCCO4)C2)n1. The zero-order chi connectivity index (χ0) is 21.9. The van der Waals surface area contributed by atoms with Crippen LogP contribution in [0.3, 0.4) is 0 Å². The lowest BCUT2D eigenvalue weighted by molar-refractivity contribution is -0.121. The van der Waals surface area contributed by atoms with Gasteiger partial charge in [0, 0.05) is 23.9 Å². The van der Waals surface area contributed by atoms with Crippen LogP contribution in [0, 0.1) is 12.8 Å². The van der Waals surface area contributed by atoms with Gasteiger partial charge < -0.3 is 19.3 Å². The number of nitrogens with zero attached hydrogens (tertiary/aromatic N) is 3. The summed E-state index contributed by atoms with van der Waals surface area (Å²) in [6, 6.07) is 13.5. The van der Waals surface area contributed by atoms with Crippen molar-refractivity contribution in [3.63, 3.8) is 0 Å². The minimum atomic E-state index is -0.101. The topological polar surface area (TPSA) is 89.7 Å². The molecule has 2 aromatic carbocycles. The number of aryl methyl sites for hydroxylation is 1. The van der Waals surface area contributed by atoms with Gasteiger partial charge in [0.25, 0.3) is 0 Å². The third-order valence-electron chi connectivity index (χ3n) is 5.90. The summed E-state index contributed by atoms with van der Waals surface area (Å²) in [6.07, 6.45) is 1.79. The number of piperidine rings is 1. The van der Waals surface area contributed by atoms with E-state index < -0.39 is 0 Å². The first kappa shape index (κ1) is 20.5. The molecule has 8 nitrogen and oxygen atoms in total. The van der Waals surface area contributed by atoms with E-state index in [9.17, 15) is 4.79 Å². The van der Waals surface area contributed by atoms with Crippen molar-refractivity contribution < 1.29 is 18.8 Å². The van der Waals surface area contributed by atoms with Crippen LogP contribution in [0.25, 0.3) is 11.4 Å². The van der Waals surface area contributed by atoms with Gasteiger partial charge in [-0.05, 0) is 44.0 Å². The van der Waals surface area contributed by atoms with E-state index in [0.717, 1.165) is 36.2 Å². The Kier molecular flexibility index (Phi) is 5.77. The third kappa shape index (κ3) is 4.45. The molecular weight excluding hydrogens is 408 g/mol. The first-order chi connectivity index (χ1) is 15.7. The van der Waals surface area contributed by atoms with E-state index in [-0.39, 0.29) is 11.8 Å². The van der Waals surface area contributed by atoms with Crippen molar-refractivity contribution in [1.29, 1.82) is 0 Å². The van der Waals surface area contributed by atoms with Crippen molar-refractivity contribution in [2.24, 2.45) is 5.92 Å². The van der Waals surface area contributed by atoms with Gasteiger partial charge in [-0.1, -0.05) is 29.4 Å². The zero-order valence-electron chi connectivity index (χ0n) is 18.0. The van der Waals surface area contributed by atoms with Crippen LogP contribution < -0.4 is 14.8 Å². The number of carbonyl (C=O) groups excluding carboxylic acids is 1. The molecule has 0 bridgehead atoms. The van der Waals surface area contributed by atoms with Gasteiger partial charge in [-0.2, -0.15) is 4.98 Å². The second kappa shape index (κ2) is 9.00. The summed E-state index contributed by atoms with van der Waals surface area (Å²) < 4.78 is 16.6. The van der Waals surface area contributed by atoms with E-state index in [0.29, 0.717) is 49.5 Å². The summed E-state index contributed by atoms with van der Waals surface area (Å²) in [7, 11) is 0. The Labute approximate surface area is 186 Å². The highest BCUT2D eigenvalue weighted by Gasteiger charge is 2.27. The van der Waals surface area contributed by atoms with Crippen LogP contribution in [-0.2, 0) is 11.3 Å². The number of anilines is 1. The molecule has 0 spiro atoms. The Hall–Kier alpha value is -3.39. The van der Waals surface area contributed by atoms with Crippen LogP contribution >= 0.6 is 0 Å². The predicted molar refractivity (Wildman–Crippen MR) is 119 cm³/mol. The zero-order valence-corrected chi connectivity index (χ0v) is 18.0. The van der Waals surface area contributed by atoms with E-state index in [1.54, 1.807) is 0 Å². The predicted octanol–water partition coefficient (Wildman–Crippen LogP) is 3.67. The van der Waals surface area contributed by atoms with E-state index >= 15 is 0 Å². The average Bonchev–Trinajstić information content (AvgIpc) is 3.27. The molecule has 1 unspecified atom stereocenters. The minimum absolute atomic E-state index is 0.0116. The smallest absolute Gasteiger partial charge is 0.241 e. The van der Waals surface area contributed by atoms with Crippen LogP contribution in [-0.4, -0.2) is 47.3 Å². The molecule has 5 rings (SSSR count). The molecule has 1 saturated heterocycles. The van der Waals surface area contributed by atoms with E-state index in [4.69, 9.17) is 14.0 Å². The number of fused-ring (bicyclic) bond motifs is 1. The van der Waals surface area contributed by atoms with E-state index in [1.807, 2.05) is 49.4 Å². The molecule has 32 heavy (non-hydrogen) atoms. The number of amides is 1. The molecule has 1 amide bonds. The maximum atomic E-state index is 12.9. The monoisotopic (exact) mass is 434 g/mol. The summed E-state index contributed by atoms with van der Waals surface area (Å²) in [5, 5.41) is 7.17. The summed E-state index contributed by atoms with van der Waals surface area (Å²) in [5.41, 5.74) is 2.79. The lowest BCUT2D eigenvalue weighted by Crippen LogP contribution is -2.40. The third-order valence-corrected chi connectivity index (χ3v) is 5.90. The van der Waals surface area contributed by atoms with Crippen molar-refractivity contribution in [2.45, 2.75) is 26.3 Å². The maximum absolute atomic E-state index is 12.9. The number of hydrogen-bond acceptors (Lipinski definition) is 7. The van der Waals surface area contributed by atoms with Gasteiger partial charge in [-0.25, -0.2) is 0 Å². The number of rotatable bonds is 5. The Morgan fingerprint density at radius 2 is 2.00 bits per heavy atom. The fourth-order valence-corrected chi connectivity index (χ4v) is 4.22. The van der Waals surface area contributed by atoms with Gasteiger partial charge in [0.2, 0.25) is 17.6 Å². The highest BCUT2D eigenvalue weighted by molar-refractivity contribution is 5.93. The second-order valence-electron chi connectivity index (χ2n) is 8.25. The standard InChI is InChI=1S/C24H26N4O4/c1-16-5-2-3-7-19(16)23-26-22(32-27-23)15-28-10-4-6-17(14-28)24(29)25-18-8-9-20-21(13-18)31-12-11-30-20/h2-3,5,7-9,13,17H,4,6,10-12,14-15H2,1H3,(H,25,29). The molecule has 1 fully saturated rings. The van der Waals surface area contributed by atoms with E-state index in [1.165, 1.54) is 0 Å². The number of hydrogen-bond donors (Lipinski definition) is 1. The molecule has 166 valence electrons. The van der Waals surface area contributed by atoms with Gasteiger partial charge in [0.05, 0.1) is 12.5 Å². The van der Waals surface area contributed by atoms with Gasteiger partial charge in [-0.3, -0.25) is 9.69 Å². The molecule has 3 aromatic rings.